The van der Waals surface area contributed by atoms with Gasteiger partial charge in [0.15, 0.2) is 0 Å². The number of rotatable bonds is 5. The van der Waals surface area contributed by atoms with Gasteiger partial charge in [-0.3, -0.25) is 19.7 Å². The van der Waals surface area contributed by atoms with Gasteiger partial charge in [-0.25, -0.2) is 4.79 Å². The quantitative estimate of drug-likeness (QED) is 0.583. The monoisotopic (exact) mass is 469 g/mol. The number of piperidine rings is 1. The van der Waals surface area contributed by atoms with E-state index in [2.05, 4.69) is 16.0 Å². The van der Waals surface area contributed by atoms with Gasteiger partial charge in [-0.1, -0.05) is 23.7 Å². The second-order valence-electron chi connectivity index (χ2n) is 8.26. The highest BCUT2D eigenvalue weighted by atomic mass is 35.5. The van der Waals surface area contributed by atoms with Crippen molar-refractivity contribution in [2.24, 2.45) is 0 Å². The predicted molar refractivity (Wildman–Crippen MR) is 124 cm³/mol. The lowest BCUT2D eigenvalue weighted by molar-refractivity contribution is -0.136. The SMILES string of the molecule is CN(C)c1ccc(NC(=O)NCc2ccc3c(c2)CN(C2CCC(=O)NC2=O)C3=O)cc1Cl. The van der Waals surface area contributed by atoms with E-state index in [0.29, 0.717) is 22.7 Å². The van der Waals surface area contributed by atoms with Crippen LogP contribution in [0.15, 0.2) is 36.4 Å². The topological polar surface area (TPSA) is 111 Å². The third-order valence-corrected chi connectivity index (χ3v) is 6.03. The molecule has 2 aromatic rings. The lowest BCUT2D eigenvalue weighted by Crippen LogP contribution is -2.52. The van der Waals surface area contributed by atoms with Gasteiger partial charge in [-0.15, -0.1) is 0 Å². The summed E-state index contributed by atoms with van der Waals surface area (Å²) in [7, 11) is 3.77. The van der Waals surface area contributed by atoms with Crippen LogP contribution in [-0.2, 0) is 22.7 Å². The molecule has 0 aromatic heterocycles. The normalized spacial score (nSPS) is 17.5. The van der Waals surface area contributed by atoms with Crippen molar-refractivity contribution >= 4 is 46.7 Å². The van der Waals surface area contributed by atoms with Crippen LogP contribution in [0.25, 0.3) is 0 Å². The number of hydrogen-bond donors (Lipinski definition) is 3. The van der Waals surface area contributed by atoms with E-state index in [9.17, 15) is 19.2 Å². The Morgan fingerprint density at radius 1 is 1.18 bits per heavy atom. The van der Waals surface area contributed by atoms with Crippen LogP contribution >= 0.6 is 11.6 Å². The van der Waals surface area contributed by atoms with Crippen LogP contribution in [0.1, 0.15) is 34.3 Å². The fourth-order valence-corrected chi connectivity index (χ4v) is 4.39. The lowest BCUT2D eigenvalue weighted by Gasteiger charge is -2.29. The first kappa shape index (κ1) is 22.6. The van der Waals surface area contributed by atoms with E-state index in [-0.39, 0.29) is 37.4 Å². The van der Waals surface area contributed by atoms with Crippen molar-refractivity contribution in [3.63, 3.8) is 0 Å². The summed E-state index contributed by atoms with van der Waals surface area (Å²) in [6.07, 6.45) is 0.530. The molecule has 5 amide bonds. The minimum Gasteiger partial charge on any atom is -0.376 e. The average molecular weight is 470 g/mol. The van der Waals surface area contributed by atoms with Crippen molar-refractivity contribution in [1.29, 1.82) is 0 Å². The van der Waals surface area contributed by atoms with Gasteiger partial charge in [0, 0.05) is 44.9 Å². The molecule has 1 saturated heterocycles. The van der Waals surface area contributed by atoms with Crippen molar-refractivity contribution in [2.75, 3.05) is 24.3 Å². The summed E-state index contributed by atoms with van der Waals surface area (Å²) in [4.78, 5) is 52.0. The molecule has 33 heavy (non-hydrogen) atoms. The van der Waals surface area contributed by atoms with Crippen LogP contribution in [0.3, 0.4) is 0 Å². The summed E-state index contributed by atoms with van der Waals surface area (Å²) in [6, 6.07) is 9.57. The zero-order valence-electron chi connectivity index (χ0n) is 18.3. The summed E-state index contributed by atoms with van der Waals surface area (Å²) in [6.45, 7) is 0.548. The molecule has 2 heterocycles. The number of anilines is 2. The summed E-state index contributed by atoms with van der Waals surface area (Å²) < 4.78 is 0. The van der Waals surface area contributed by atoms with Crippen LogP contribution in [0.4, 0.5) is 16.2 Å². The van der Waals surface area contributed by atoms with E-state index < -0.39 is 11.9 Å². The van der Waals surface area contributed by atoms with Crippen molar-refractivity contribution in [1.82, 2.24) is 15.5 Å². The number of carbonyl (C=O) groups excluding carboxylic acids is 4. The minimum atomic E-state index is -0.652. The van der Waals surface area contributed by atoms with E-state index in [0.717, 1.165) is 16.8 Å². The van der Waals surface area contributed by atoms with Crippen LogP contribution < -0.4 is 20.9 Å². The molecule has 0 bridgehead atoms. The molecular formula is C23H24ClN5O4. The highest BCUT2D eigenvalue weighted by Gasteiger charge is 2.39. The summed E-state index contributed by atoms with van der Waals surface area (Å²) in [5, 5.41) is 8.36. The van der Waals surface area contributed by atoms with Crippen LogP contribution in [0.2, 0.25) is 5.02 Å². The number of nitrogens with one attached hydrogen (secondary N) is 3. The first-order valence-electron chi connectivity index (χ1n) is 10.5. The average Bonchev–Trinajstić information content (AvgIpc) is 3.07. The molecule has 1 atom stereocenters. The third-order valence-electron chi connectivity index (χ3n) is 5.73. The van der Waals surface area contributed by atoms with Crippen LogP contribution in [-0.4, -0.2) is 48.8 Å². The molecule has 9 nitrogen and oxygen atoms in total. The number of hydrogen-bond acceptors (Lipinski definition) is 5. The largest absolute Gasteiger partial charge is 0.376 e. The summed E-state index contributed by atoms with van der Waals surface area (Å²) in [5.41, 5.74) is 3.56. The highest BCUT2D eigenvalue weighted by molar-refractivity contribution is 6.33. The Hall–Kier alpha value is -3.59. The second kappa shape index (κ2) is 9.11. The molecule has 2 aromatic carbocycles. The second-order valence-corrected chi connectivity index (χ2v) is 8.67. The molecule has 2 aliphatic rings. The molecule has 0 radical (unpaired) electrons. The zero-order chi connectivity index (χ0) is 23.7. The van der Waals surface area contributed by atoms with Gasteiger partial charge in [0.1, 0.15) is 6.04 Å². The first-order valence-corrected chi connectivity index (χ1v) is 10.9. The number of halogens is 1. The molecule has 10 heteroatoms. The van der Waals surface area contributed by atoms with Gasteiger partial charge >= 0.3 is 6.03 Å². The number of benzene rings is 2. The Bertz CT molecular complexity index is 1150. The van der Waals surface area contributed by atoms with E-state index in [1.54, 1.807) is 24.3 Å². The fourth-order valence-electron chi connectivity index (χ4n) is 4.04. The van der Waals surface area contributed by atoms with Crippen molar-refractivity contribution < 1.29 is 19.2 Å². The summed E-state index contributed by atoms with van der Waals surface area (Å²) >= 11 is 6.24. The van der Waals surface area contributed by atoms with Gasteiger partial charge in [0.2, 0.25) is 11.8 Å². The molecular weight excluding hydrogens is 446 g/mol. The maximum atomic E-state index is 12.8. The van der Waals surface area contributed by atoms with E-state index in [1.165, 1.54) is 4.90 Å². The zero-order valence-corrected chi connectivity index (χ0v) is 19.0. The molecule has 1 unspecified atom stereocenters. The van der Waals surface area contributed by atoms with Crippen LogP contribution in [0, 0.1) is 0 Å². The van der Waals surface area contributed by atoms with Gasteiger partial charge < -0.3 is 20.4 Å². The molecule has 1 fully saturated rings. The predicted octanol–water partition coefficient (Wildman–Crippen LogP) is 2.49. The molecule has 0 aliphatic carbocycles. The lowest BCUT2D eigenvalue weighted by atomic mass is 10.0. The molecule has 2 aliphatic heterocycles. The van der Waals surface area contributed by atoms with E-state index in [4.69, 9.17) is 11.6 Å². The number of carbonyl (C=O) groups is 4. The molecule has 0 saturated carbocycles. The van der Waals surface area contributed by atoms with Gasteiger partial charge in [-0.05, 0) is 41.8 Å². The Labute approximate surface area is 196 Å². The third kappa shape index (κ3) is 4.78. The van der Waals surface area contributed by atoms with E-state index >= 15 is 0 Å². The number of fused-ring (bicyclic) bond motifs is 1. The Morgan fingerprint density at radius 2 is 1.97 bits per heavy atom. The number of imide groups is 1. The maximum Gasteiger partial charge on any atom is 0.319 e. The Morgan fingerprint density at radius 3 is 2.67 bits per heavy atom. The minimum absolute atomic E-state index is 0.212. The van der Waals surface area contributed by atoms with Gasteiger partial charge in [0.25, 0.3) is 5.91 Å². The van der Waals surface area contributed by atoms with Gasteiger partial charge in [-0.2, -0.15) is 0 Å². The van der Waals surface area contributed by atoms with Crippen molar-refractivity contribution in [3.05, 3.63) is 58.1 Å². The number of nitrogens with zero attached hydrogens (tertiary/aromatic N) is 2. The maximum absolute atomic E-state index is 12.8. The number of urea groups is 1. The van der Waals surface area contributed by atoms with E-state index in [1.807, 2.05) is 31.1 Å². The Kier molecular flexibility index (Phi) is 6.24. The Balaban J connectivity index is 1.36. The standard InChI is InChI=1S/C23H24ClN5O4/c1-28(2)18-6-4-15(10-17(18)24)26-23(33)25-11-13-3-5-16-14(9-13)12-29(22(16)32)19-7-8-20(30)27-21(19)31/h3-6,9-10,19H,7-8,11-12H2,1-2H3,(H2,25,26,33)(H,27,30,31). The molecule has 172 valence electrons. The molecule has 4 rings (SSSR count). The first-order chi connectivity index (χ1) is 15.7. The summed E-state index contributed by atoms with van der Waals surface area (Å²) in [5.74, 6) is -0.984. The van der Waals surface area contributed by atoms with Gasteiger partial charge in [0.05, 0.1) is 10.7 Å². The highest BCUT2D eigenvalue weighted by Crippen LogP contribution is 2.29. The van der Waals surface area contributed by atoms with Crippen molar-refractivity contribution in [2.45, 2.75) is 32.0 Å². The number of amides is 5. The van der Waals surface area contributed by atoms with Crippen molar-refractivity contribution in [3.8, 4) is 0 Å². The fraction of sp³-hybridized carbons (Fsp3) is 0.304. The van der Waals surface area contributed by atoms with Crippen LogP contribution in [0.5, 0.6) is 0 Å². The molecule has 3 N–H and O–H groups in total. The smallest absolute Gasteiger partial charge is 0.319 e. The molecule has 0 spiro atoms.